The number of halogens is 1. The van der Waals surface area contributed by atoms with E-state index in [4.69, 9.17) is 11.6 Å². The van der Waals surface area contributed by atoms with E-state index in [1.807, 2.05) is 0 Å². The Morgan fingerprint density at radius 2 is 1.72 bits per heavy atom. The Morgan fingerprint density at radius 1 is 1.12 bits per heavy atom. The van der Waals surface area contributed by atoms with Crippen LogP contribution in [-0.2, 0) is 11.3 Å². The van der Waals surface area contributed by atoms with Crippen LogP contribution in [0.5, 0.6) is 5.75 Å². The summed E-state index contributed by atoms with van der Waals surface area (Å²) in [5.41, 5.74) is 3.18. The van der Waals surface area contributed by atoms with Gasteiger partial charge in [0.05, 0.1) is 6.54 Å². The maximum atomic E-state index is 12.5. The van der Waals surface area contributed by atoms with Gasteiger partial charge in [-0.25, -0.2) is 4.79 Å². The minimum absolute atomic E-state index is 0.173. The second kappa shape index (κ2) is 6.61. The van der Waals surface area contributed by atoms with Gasteiger partial charge in [-0.1, -0.05) is 23.7 Å². The van der Waals surface area contributed by atoms with Crippen molar-refractivity contribution in [2.24, 2.45) is 0 Å². The fraction of sp³-hybridized carbons (Fsp3) is 0.158. The van der Waals surface area contributed by atoms with E-state index in [0.29, 0.717) is 16.1 Å². The van der Waals surface area contributed by atoms with Crippen molar-refractivity contribution in [1.29, 1.82) is 0 Å². The van der Waals surface area contributed by atoms with Gasteiger partial charge in [-0.2, -0.15) is 0 Å². The first-order chi connectivity index (χ1) is 11.8. The number of carbonyl (C=O) groups excluding carboxylic acids is 2. The van der Waals surface area contributed by atoms with Crippen molar-refractivity contribution in [1.82, 2.24) is 10.2 Å². The molecule has 0 saturated carbocycles. The molecule has 1 aliphatic rings. The lowest BCUT2D eigenvalue weighted by atomic mass is 10.0. The van der Waals surface area contributed by atoms with Crippen molar-refractivity contribution >= 4 is 29.6 Å². The van der Waals surface area contributed by atoms with E-state index in [1.54, 1.807) is 56.3 Å². The summed E-state index contributed by atoms with van der Waals surface area (Å²) in [6, 6.07) is 10.0. The number of imide groups is 1. The molecule has 1 saturated heterocycles. The number of phenols is 1. The zero-order valence-electron chi connectivity index (χ0n) is 13.8. The van der Waals surface area contributed by atoms with Gasteiger partial charge in [0.2, 0.25) is 0 Å². The third kappa shape index (κ3) is 3.51. The standard InChI is InChI=1S/C19H17ClN2O3/c1-11-7-14(8-12(2)17(11)23)9-16-18(24)22(19(25)21-16)10-13-3-5-15(20)6-4-13/h3-9,23H,10H2,1-2H3,(H,21,25)/b16-9-. The van der Waals surface area contributed by atoms with Crippen LogP contribution < -0.4 is 5.32 Å². The molecule has 5 nitrogen and oxygen atoms in total. The first-order valence-electron chi connectivity index (χ1n) is 7.74. The minimum atomic E-state index is -0.460. The number of hydrogen-bond donors (Lipinski definition) is 2. The van der Waals surface area contributed by atoms with E-state index in [-0.39, 0.29) is 23.9 Å². The summed E-state index contributed by atoms with van der Waals surface area (Å²) in [6.45, 7) is 3.74. The highest BCUT2D eigenvalue weighted by Gasteiger charge is 2.33. The van der Waals surface area contributed by atoms with Crippen LogP contribution in [0, 0.1) is 13.8 Å². The topological polar surface area (TPSA) is 69.6 Å². The summed E-state index contributed by atoms with van der Waals surface area (Å²) >= 11 is 5.85. The van der Waals surface area contributed by atoms with E-state index < -0.39 is 6.03 Å². The van der Waals surface area contributed by atoms with Crippen molar-refractivity contribution in [2.45, 2.75) is 20.4 Å². The molecule has 3 amide bonds. The highest BCUT2D eigenvalue weighted by atomic mass is 35.5. The van der Waals surface area contributed by atoms with Crippen molar-refractivity contribution in [3.63, 3.8) is 0 Å². The molecule has 0 aliphatic carbocycles. The molecular formula is C19H17ClN2O3. The SMILES string of the molecule is Cc1cc(/C=C2\NC(=O)N(Cc3ccc(Cl)cc3)C2=O)cc(C)c1O. The van der Waals surface area contributed by atoms with Gasteiger partial charge < -0.3 is 10.4 Å². The molecule has 1 heterocycles. The summed E-state index contributed by atoms with van der Waals surface area (Å²) in [6.07, 6.45) is 1.61. The lowest BCUT2D eigenvalue weighted by Crippen LogP contribution is -2.30. The number of carbonyl (C=O) groups is 2. The Morgan fingerprint density at radius 3 is 2.32 bits per heavy atom. The number of nitrogens with one attached hydrogen (secondary N) is 1. The van der Waals surface area contributed by atoms with Gasteiger partial charge in [-0.05, 0) is 66.4 Å². The van der Waals surface area contributed by atoms with Crippen LogP contribution in [0.1, 0.15) is 22.3 Å². The molecule has 0 atom stereocenters. The van der Waals surface area contributed by atoms with Crippen LogP contribution in [0.3, 0.4) is 0 Å². The van der Waals surface area contributed by atoms with Crippen LogP contribution in [0.4, 0.5) is 4.79 Å². The molecule has 0 unspecified atom stereocenters. The van der Waals surface area contributed by atoms with Crippen LogP contribution in [-0.4, -0.2) is 21.9 Å². The summed E-state index contributed by atoms with van der Waals surface area (Å²) < 4.78 is 0. The molecule has 6 heteroatoms. The van der Waals surface area contributed by atoms with Crippen molar-refractivity contribution in [2.75, 3.05) is 0 Å². The number of nitrogens with zero attached hydrogens (tertiary/aromatic N) is 1. The molecule has 2 aromatic rings. The van der Waals surface area contributed by atoms with Crippen LogP contribution in [0.25, 0.3) is 6.08 Å². The van der Waals surface area contributed by atoms with E-state index in [9.17, 15) is 14.7 Å². The molecular weight excluding hydrogens is 340 g/mol. The van der Waals surface area contributed by atoms with Crippen LogP contribution in [0.15, 0.2) is 42.1 Å². The smallest absolute Gasteiger partial charge is 0.329 e. The number of hydrogen-bond acceptors (Lipinski definition) is 3. The maximum Gasteiger partial charge on any atom is 0.329 e. The Hall–Kier alpha value is -2.79. The summed E-state index contributed by atoms with van der Waals surface area (Å²) in [7, 11) is 0. The predicted octanol–water partition coefficient (Wildman–Crippen LogP) is 3.76. The predicted molar refractivity (Wildman–Crippen MR) is 96.1 cm³/mol. The quantitative estimate of drug-likeness (QED) is 0.650. The summed E-state index contributed by atoms with van der Waals surface area (Å²) in [5, 5.41) is 13.0. The number of aromatic hydroxyl groups is 1. The minimum Gasteiger partial charge on any atom is -0.507 e. The van der Waals surface area contributed by atoms with Gasteiger partial charge in [0.1, 0.15) is 11.4 Å². The van der Waals surface area contributed by atoms with Gasteiger partial charge in [0.15, 0.2) is 0 Å². The number of rotatable bonds is 3. The highest BCUT2D eigenvalue weighted by molar-refractivity contribution is 6.30. The lowest BCUT2D eigenvalue weighted by Gasteiger charge is -2.11. The maximum absolute atomic E-state index is 12.5. The summed E-state index contributed by atoms with van der Waals surface area (Å²) in [4.78, 5) is 25.8. The van der Waals surface area contributed by atoms with Crippen molar-refractivity contribution in [3.8, 4) is 5.75 Å². The molecule has 1 aliphatic heterocycles. The largest absolute Gasteiger partial charge is 0.507 e. The number of benzene rings is 2. The van der Waals surface area contributed by atoms with E-state index in [0.717, 1.165) is 16.0 Å². The van der Waals surface area contributed by atoms with Crippen LogP contribution >= 0.6 is 11.6 Å². The van der Waals surface area contributed by atoms with Crippen LogP contribution in [0.2, 0.25) is 5.02 Å². The molecule has 0 bridgehead atoms. The fourth-order valence-electron chi connectivity index (χ4n) is 2.73. The molecule has 0 aromatic heterocycles. The number of amides is 3. The van der Waals surface area contributed by atoms with Gasteiger partial charge in [-0.3, -0.25) is 9.69 Å². The molecule has 0 spiro atoms. The average Bonchev–Trinajstić information content (AvgIpc) is 2.82. The Labute approximate surface area is 150 Å². The second-order valence-corrected chi connectivity index (χ2v) is 6.45. The Bertz CT molecular complexity index is 865. The zero-order chi connectivity index (χ0) is 18.1. The number of phenolic OH excluding ortho intramolecular Hbond substituents is 1. The fourth-order valence-corrected chi connectivity index (χ4v) is 2.85. The molecule has 2 N–H and O–H groups in total. The second-order valence-electron chi connectivity index (χ2n) is 6.01. The van der Waals surface area contributed by atoms with Gasteiger partial charge in [-0.15, -0.1) is 0 Å². The third-order valence-electron chi connectivity index (χ3n) is 4.04. The van der Waals surface area contributed by atoms with E-state index >= 15 is 0 Å². The van der Waals surface area contributed by atoms with Gasteiger partial charge in [0.25, 0.3) is 5.91 Å². The third-order valence-corrected chi connectivity index (χ3v) is 4.29. The molecule has 25 heavy (non-hydrogen) atoms. The Balaban J connectivity index is 1.84. The molecule has 3 rings (SSSR count). The lowest BCUT2D eigenvalue weighted by molar-refractivity contribution is -0.123. The molecule has 128 valence electrons. The first kappa shape index (κ1) is 17.0. The van der Waals surface area contributed by atoms with E-state index in [1.165, 1.54) is 0 Å². The molecule has 2 aromatic carbocycles. The molecule has 1 fully saturated rings. The van der Waals surface area contributed by atoms with Gasteiger partial charge >= 0.3 is 6.03 Å². The number of aryl methyl sites for hydroxylation is 2. The first-order valence-corrected chi connectivity index (χ1v) is 8.12. The number of urea groups is 1. The van der Waals surface area contributed by atoms with Crippen molar-refractivity contribution in [3.05, 3.63) is 69.4 Å². The molecule has 0 radical (unpaired) electrons. The van der Waals surface area contributed by atoms with Gasteiger partial charge in [0, 0.05) is 5.02 Å². The van der Waals surface area contributed by atoms with E-state index in [2.05, 4.69) is 5.32 Å². The average molecular weight is 357 g/mol. The summed E-state index contributed by atoms with van der Waals surface area (Å²) in [5.74, 6) is -0.156. The van der Waals surface area contributed by atoms with Crippen molar-refractivity contribution < 1.29 is 14.7 Å². The Kier molecular flexibility index (Phi) is 4.51. The highest BCUT2D eigenvalue weighted by Crippen LogP contribution is 2.25. The monoisotopic (exact) mass is 356 g/mol. The normalized spacial score (nSPS) is 15.8. The zero-order valence-corrected chi connectivity index (χ0v) is 14.6.